The number of nitrogens with one attached hydrogen (secondary N) is 1. The van der Waals surface area contributed by atoms with Gasteiger partial charge in [0.15, 0.2) is 0 Å². The van der Waals surface area contributed by atoms with Crippen molar-refractivity contribution in [2.75, 3.05) is 13.7 Å². The molecule has 1 heterocycles. The topological polar surface area (TPSA) is 105 Å². The van der Waals surface area contributed by atoms with Crippen molar-refractivity contribution in [3.63, 3.8) is 0 Å². The number of likely N-dealkylation sites (tertiary alicyclic amines) is 1. The Kier molecular flexibility index (Phi) is 6.77. The summed E-state index contributed by atoms with van der Waals surface area (Å²) in [6.45, 7) is 7.06. The summed E-state index contributed by atoms with van der Waals surface area (Å²) in [7, 11) is 1.56. The van der Waals surface area contributed by atoms with E-state index in [4.69, 9.17) is 9.47 Å². The number of ether oxygens (including phenoxy) is 2. The molecule has 1 aliphatic heterocycles. The molecule has 1 aliphatic rings. The zero-order valence-electron chi connectivity index (χ0n) is 17.7. The van der Waals surface area contributed by atoms with Crippen LogP contribution >= 0.6 is 0 Å². The number of hydrogen-bond acceptors (Lipinski definition) is 5. The molecule has 8 heteroatoms. The highest BCUT2D eigenvalue weighted by Crippen LogP contribution is 2.30. The van der Waals surface area contributed by atoms with Gasteiger partial charge in [0, 0.05) is 13.0 Å². The Morgan fingerprint density at radius 3 is 2.38 bits per heavy atom. The van der Waals surface area contributed by atoms with Gasteiger partial charge in [0.25, 0.3) is 0 Å². The van der Waals surface area contributed by atoms with E-state index in [1.165, 1.54) is 11.8 Å². The average Bonchev–Trinajstić information content (AvgIpc) is 3.02. The quantitative estimate of drug-likeness (QED) is 0.752. The lowest BCUT2D eigenvalue weighted by Crippen LogP contribution is -2.58. The third-order valence-corrected chi connectivity index (χ3v) is 4.96. The van der Waals surface area contributed by atoms with E-state index in [0.717, 1.165) is 5.56 Å². The highest BCUT2D eigenvalue weighted by atomic mass is 16.6. The van der Waals surface area contributed by atoms with E-state index in [9.17, 15) is 19.5 Å². The molecule has 0 aliphatic carbocycles. The SMILES string of the molecule is COc1ccc(C[C@H](NC(=O)OC(C)(C)C)C(=O)N2CCC[C@@]2(C)C(=O)O)cc1. The fourth-order valence-corrected chi connectivity index (χ4v) is 3.37. The summed E-state index contributed by atoms with van der Waals surface area (Å²) in [5.74, 6) is -0.812. The molecule has 0 aromatic heterocycles. The van der Waals surface area contributed by atoms with E-state index in [1.54, 1.807) is 52.1 Å². The van der Waals surface area contributed by atoms with Crippen LogP contribution in [0.5, 0.6) is 5.75 Å². The number of carboxylic acid groups (broad SMARTS) is 1. The fourth-order valence-electron chi connectivity index (χ4n) is 3.37. The summed E-state index contributed by atoms with van der Waals surface area (Å²) < 4.78 is 10.4. The summed E-state index contributed by atoms with van der Waals surface area (Å²) in [4.78, 5) is 38.7. The second-order valence-electron chi connectivity index (χ2n) is 8.42. The van der Waals surface area contributed by atoms with Gasteiger partial charge >= 0.3 is 12.1 Å². The van der Waals surface area contributed by atoms with E-state index >= 15 is 0 Å². The minimum absolute atomic E-state index is 0.203. The maximum Gasteiger partial charge on any atom is 0.408 e. The molecule has 1 aromatic rings. The molecular weight excluding hydrogens is 376 g/mol. The number of carboxylic acids is 1. The van der Waals surface area contributed by atoms with Gasteiger partial charge in [-0.15, -0.1) is 0 Å². The number of nitrogens with zero attached hydrogens (tertiary/aromatic N) is 1. The predicted octanol–water partition coefficient (Wildman–Crippen LogP) is 2.60. The largest absolute Gasteiger partial charge is 0.497 e. The number of methoxy groups -OCH3 is 1. The first kappa shape index (κ1) is 22.5. The van der Waals surface area contributed by atoms with Crippen LogP contribution in [0.2, 0.25) is 0 Å². The number of alkyl carbamates (subject to hydrolysis) is 1. The monoisotopic (exact) mass is 406 g/mol. The van der Waals surface area contributed by atoms with Crippen molar-refractivity contribution >= 4 is 18.0 Å². The van der Waals surface area contributed by atoms with Gasteiger partial charge in [-0.05, 0) is 58.2 Å². The first-order valence-electron chi connectivity index (χ1n) is 9.63. The van der Waals surface area contributed by atoms with E-state index in [1.807, 2.05) is 0 Å². The Hall–Kier alpha value is -2.77. The van der Waals surface area contributed by atoms with Crippen LogP contribution < -0.4 is 10.1 Å². The van der Waals surface area contributed by atoms with Crippen molar-refractivity contribution in [2.45, 2.75) is 64.1 Å². The first-order chi connectivity index (χ1) is 13.5. The molecule has 8 nitrogen and oxygen atoms in total. The molecule has 0 radical (unpaired) electrons. The number of carbonyl (C=O) groups is 3. The Morgan fingerprint density at radius 1 is 1.24 bits per heavy atom. The molecule has 29 heavy (non-hydrogen) atoms. The Morgan fingerprint density at radius 2 is 1.86 bits per heavy atom. The molecule has 2 N–H and O–H groups in total. The van der Waals surface area contributed by atoms with Crippen molar-refractivity contribution in [1.82, 2.24) is 10.2 Å². The molecule has 1 saturated heterocycles. The lowest BCUT2D eigenvalue weighted by Gasteiger charge is -2.34. The van der Waals surface area contributed by atoms with Gasteiger partial charge < -0.3 is 24.8 Å². The van der Waals surface area contributed by atoms with Crippen molar-refractivity contribution < 1.29 is 29.0 Å². The van der Waals surface area contributed by atoms with Crippen LogP contribution in [0.15, 0.2) is 24.3 Å². The molecule has 2 amide bonds. The molecule has 0 unspecified atom stereocenters. The van der Waals surface area contributed by atoms with Gasteiger partial charge in [-0.3, -0.25) is 4.79 Å². The molecule has 0 bridgehead atoms. The molecule has 160 valence electrons. The van der Waals surface area contributed by atoms with Crippen molar-refractivity contribution in [3.8, 4) is 5.75 Å². The number of benzene rings is 1. The normalized spacial score (nSPS) is 20.1. The minimum Gasteiger partial charge on any atom is -0.497 e. The lowest BCUT2D eigenvalue weighted by atomic mass is 9.97. The standard InChI is InChI=1S/C21H30N2O6/c1-20(2,3)29-19(27)22-16(13-14-7-9-15(28-5)10-8-14)17(24)23-12-6-11-21(23,4)18(25)26/h7-10,16H,6,11-13H2,1-5H3,(H,22,27)(H,25,26)/t16-,21-/m0/s1. The van der Waals surface area contributed by atoms with Crippen LogP contribution in [0.1, 0.15) is 46.1 Å². The summed E-state index contributed by atoms with van der Waals surface area (Å²) in [5, 5.41) is 12.3. The summed E-state index contributed by atoms with van der Waals surface area (Å²) in [6, 6.07) is 6.19. The van der Waals surface area contributed by atoms with E-state index in [2.05, 4.69) is 5.32 Å². The maximum absolute atomic E-state index is 13.3. The molecule has 2 rings (SSSR count). The average molecular weight is 406 g/mol. The summed E-state index contributed by atoms with van der Waals surface area (Å²) in [6.07, 6.45) is 0.445. The maximum atomic E-state index is 13.3. The van der Waals surface area contributed by atoms with Crippen LogP contribution in [0.4, 0.5) is 4.79 Å². The molecule has 0 saturated carbocycles. The van der Waals surface area contributed by atoms with E-state index in [-0.39, 0.29) is 6.42 Å². The van der Waals surface area contributed by atoms with E-state index in [0.29, 0.717) is 25.1 Å². The van der Waals surface area contributed by atoms with Crippen molar-refractivity contribution in [3.05, 3.63) is 29.8 Å². The Labute approximate surface area is 171 Å². The van der Waals surface area contributed by atoms with Gasteiger partial charge in [0.2, 0.25) is 5.91 Å². The van der Waals surface area contributed by atoms with Gasteiger partial charge in [0.05, 0.1) is 7.11 Å². The molecule has 1 aromatic carbocycles. The van der Waals surface area contributed by atoms with Gasteiger partial charge in [0.1, 0.15) is 22.9 Å². The van der Waals surface area contributed by atoms with Crippen molar-refractivity contribution in [1.29, 1.82) is 0 Å². The highest BCUT2D eigenvalue weighted by Gasteiger charge is 2.47. The zero-order valence-corrected chi connectivity index (χ0v) is 17.7. The molecular formula is C21H30N2O6. The number of amides is 2. The molecule has 1 fully saturated rings. The second kappa shape index (κ2) is 8.71. The number of carbonyl (C=O) groups excluding carboxylic acids is 2. The Balaban J connectivity index is 2.26. The van der Waals surface area contributed by atoms with Crippen LogP contribution in [-0.2, 0) is 20.7 Å². The van der Waals surface area contributed by atoms with Gasteiger partial charge in [-0.25, -0.2) is 9.59 Å². The van der Waals surface area contributed by atoms with Crippen molar-refractivity contribution in [2.24, 2.45) is 0 Å². The fraction of sp³-hybridized carbons (Fsp3) is 0.571. The molecule has 0 spiro atoms. The number of hydrogen-bond donors (Lipinski definition) is 2. The smallest absolute Gasteiger partial charge is 0.408 e. The number of aliphatic carboxylic acids is 1. The highest BCUT2D eigenvalue weighted by molar-refractivity contribution is 5.92. The van der Waals surface area contributed by atoms with E-state index < -0.39 is 35.2 Å². The second-order valence-corrected chi connectivity index (χ2v) is 8.42. The van der Waals surface area contributed by atoms with Crippen LogP contribution in [0, 0.1) is 0 Å². The van der Waals surface area contributed by atoms with Gasteiger partial charge in [-0.1, -0.05) is 12.1 Å². The lowest BCUT2D eigenvalue weighted by molar-refractivity contribution is -0.156. The Bertz CT molecular complexity index is 755. The molecule has 2 atom stereocenters. The number of rotatable bonds is 6. The first-order valence-corrected chi connectivity index (χ1v) is 9.63. The van der Waals surface area contributed by atoms with Crippen LogP contribution in [0.3, 0.4) is 0 Å². The van der Waals surface area contributed by atoms with Crippen LogP contribution in [-0.4, -0.2) is 58.8 Å². The minimum atomic E-state index is -1.29. The van der Waals surface area contributed by atoms with Gasteiger partial charge in [-0.2, -0.15) is 0 Å². The third-order valence-electron chi connectivity index (χ3n) is 4.96. The summed E-state index contributed by atoms with van der Waals surface area (Å²) in [5.41, 5.74) is -1.21. The predicted molar refractivity (Wildman–Crippen MR) is 107 cm³/mol. The zero-order chi connectivity index (χ0) is 21.8. The summed E-state index contributed by atoms with van der Waals surface area (Å²) >= 11 is 0. The third kappa shape index (κ3) is 5.62. The van der Waals surface area contributed by atoms with Crippen LogP contribution in [0.25, 0.3) is 0 Å².